The second-order valence-electron chi connectivity index (χ2n) is 6.14. The molecule has 1 aliphatic carbocycles. The van der Waals surface area contributed by atoms with Crippen molar-refractivity contribution < 1.29 is 13.2 Å². The minimum Gasteiger partial charge on any atom is -0.311 e. The van der Waals surface area contributed by atoms with Gasteiger partial charge in [0, 0.05) is 12.0 Å². The number of carbonyl (C=O) groups excluding carboxylic acids is 1. The number of aromatic nitrogens is 2. The third-order valence-electron chi connectivity index (χ3n) is 4.30. The molecule has 2 atom stereocenters. The van der Waals surface area contributed by atoms with Gasteiger partial charge in [-0.3, -0.25) is 4.79 Å². The highest BCUT2D eigenvalue weighted by atomic mass is 32.2. The highest BCUT2D eigenvalue weighted by molar-refractivity contribution is 7.91. The van der Waals surface area contributed by atoms with Gasteiger partial charge in [0.2, 0.25) is 5.91 Å². The lowest BCUT2D eigenvalue weighted by molar-refractivity contribution is -0.120. The van der Waals surface area contributed by atoms with Gasteiger partial charge < -0.3 is 5.32 Å². The van der Waals surface area contributed by atoms with E-state index >= 15 is 0 Å². The summed E-state index contributed by atoms with van der Waals surface area (Å²) in [4.78, 5) is 12.4. The van der Waals surface area contributed by atoms with Crippen LogP contribution in [0.25, 0.3) is 0 Å². The Hall–Kier alpha value is -1.63. The van der Waals surface area contributed by atoms with Crippen LogP contribution in [0.5, 0.6) is 0 Å². The van der Waals surface area contributed by atoms with Crippen LogP contribution >= 0.6 is 0 Å². The van der Waals surface area contributed by atoms with Gasteiger partial charge in [-0.1, -0.05) is 12.2 Å². The Morgan fingerprint density at radius 2 is 2.18 bits per heavy atom. The van der Waals surface area contributed by atoms with Crippen molar-refractivity contribution in [3.05, 3.63) is 23.9 Å². The molecule has 0 saturated carbocycles. The van der Waals surface area contributed by atoms with Crippen LogP contribution in [0.1, 0.15) is 37.4 Å². The van der Waals surface area contributed by atoms with E-state index < -0.39 is 9.84 Å². The summed E-state index contributed by atoms with van der Waals surface area (Å²) in [6.07, 6.45) is 7.24. The topological polar surface area (TPSA) is 81.1 Å². The lowest BCUT2D eigenvalue weighted by Crippen LogP contribution is -2.26. The summed E-state index contributed by atoms with van der Waals surface area (Å²) < 4.78 is 25.0. The van der Waals surface area contributed by atoms with Crippen molar-refractivity contribution in [1.29, 1.82) is 0 Å². The average Bonchev–Trinajstić information content (AvgIpc) is 3.02. The van der Waals surface area contributed by atoms with Crippen molar-refractivity contribution in [2.45, 2.75) is 38.6 Å². The lowest BCUT2D eigenvalue weighted by atomic mass is 9.94. The van der Waals surface area contributed by atoms with E-state index in [-0.39, 0.29) is 29.4 Å². The fourth-order valence-corrected chi connectivity index (χ4v) is 4.81. The van der Waals surface area contributed by atoms with E-state index in [1.165, 1.54) is 0 Å². The van der Waals surface area contributed by atoms with Crippen LogP contribution in [-0.2, 0) is 14.6 Å². The predicted molar refractivity (Wildman–Crippen MR) is 84.4 cm³/mol. The molecule has 0 bridgehead atoms. The molecule has 6 nitrogen and oxygen atoms in total. The number of nitrogens with one attached hydrogen (secondary N) is 1. The minimum absolute atomic E-state index is 0.00801. The van der Waals surface area contributed by atoms with E-state index in [9.17, 15) is 13.2 Å². The molecule has 1 fully saturated rings. The maximum absolute atomic E-state index is 12.4. The summed E-state index contributed by atoms with van der Waals surface area (Å²) >= 11 is 0. The molecule has 2 unspecified atom stereocenters. The molecule has 1 saturated heterocycles. The number of carbonyl (C=O) groups is 1. The Morgan fingerprint density at radius 3 is 2.82 bits per heavy atom. The molecule has 0 aromatic carbocycles. The first-order chi connectivity index (χ1) is 10.4. The first-order valence-electron chi connectivity index (χ1n) is 7.67. The standard InChI is InChI=1S/C15H21N3O3S/c1-11-9-14(16-15(19)12-5-3-2-4-6-12)18(17-11)13-7-8-22(20,21)10-13/h2-3,9,12-13H,4-8,10H2,1H3,(H,16,19). The SMILES string of the molecule is Cc1cc(NC(=O)C2CC=CCC2)n(C2CCS(=O)(=O)C2)n1. The van der Waals surface area contributed by atoms with Crippen LogP contribution in [0.2, 0.25) is 0 Å². The summed E-state index contributed by atoms with van der Waals surface area (Å²) in [5, 5.41) is 7.32. The van der Waals surface area contributed by atoms with Crippen molar-refractivity contribution in [2.24, 2.45) is 5.92 Å². The zero-order valence-electron chi connectivity index (χ0n) is 12.7. The predicted octanol–water partition coefficient (Wildman–Crippen LogP) is 1.85. The molecule has 0 spiro atoms. The maximum atomic E-state index is 12.4. The number of rotatable bonds is 3. The van der Waals surface area contributed by atoms with E-state index in [0.717, 1.165) is 25.0 Å². The summed E-state index contributed by atoms with van der Waals surface area (Å²) in [6, 6.07) is 1.63. The van der Waals surface area contributed by atoms with Gasteiger partial charge in [0.25, 0.3) is 0 Å². The van der Waals surface area contributed by atoms with Crippen LogP contribution in [0, 0.1) is 12.8 Å². The van der Waals surface area contributed by atoms with Crippen molar-refractivity contribution in [2.75, 3.05) is 16.8 Å². The number of hydrogen-bond acceptors (Lipinski definition) is 4. The molecular formula is C15H21N3O3S. The van der Waals surface area contributed by atoms with Gasteiger partial charge >= 0.3 is 0 Å². The molecule has 120 valence electrons. The molecule has 1 N–H and O–H groups in total. The van der Waals surface area contributed by atoms with Gasteiger partial charge in [0.1, 0.15) is 5.82 Å². The fourth-order valence-electron chi connectivity index (χ4n) is 3.12. The van der Waals surface area contributed by atoms with Gasteiger partial charge in [0.05, 0.1) is 23.2 Å². The molecule has 0 radical (unpaired) electrons. The number of aryl methyl sites for hydroxylation is 1. The van der Waals surface area contributed by atoms with Crippen molar-refractivity contribution in [3.63, 3.8) is 0 Å². The molecule has 2 heterocycles. The lowest BCUT2D eigenvalue weighted by Gasteiger charge is -2.19. The third-order valence-corrected chi connectivity index (χ3v) is 6.05. The van der Waals surface area contributed by atoms with Crippen LogP contribution in [0.3, 0.4) is 0 Å². The molecule has 2 aliphatic rings. The maximum Gasteiger partial charge on any atom is 0.228 e. The van der Waals surface area contributed by atoms with Crippen LogP contribution in [0.4, 0.5) is 5.82 Å². The monoisotopic (exact) mass is 323 g/mol. The summed E-state index contributed by atoms with van der Waals surface area (Å²) in [5.74, 6) is 0.882. The number of allylic oxidation sites excluding steroid dienone is 2. The second-order valence-corrected chi connectivity index (χ2v) is 8.37. The Kier molecular flexibility index (Phi) is 4.08. The van der Waals surface area contributed by atoms with Gasteiger partial charge in [-0.2, -0.15) is 5.10 Å². The zero-order valence-corrected chi connectivity index (χ0v) is 13.5. The van der Waals surface area contributed by atoms with Crippen molar-refractivity contribution in [1.82, 2.24) is 9.78 Å². The summed E-state index contributed by atoms with van der Waals surface area (Å²) in [7, 11) is -2.98. The van der Waals surface area contributed by atoms with Gasteiger partial charge in [-0.15, -0.1) is 0 Å². The Balaban J connectivity index is 1.77. The van der Waals surface area contributed by atoms with Crippen molar-refractivity contribution in [3.8, 4) is 0 Å². The molecule has 1 amide bonds. The molecule has 1 aromatic heterocycles. The molecular weight excluding hydrogens is 302 g/mol. The zero-order chi connectivity index (χ0) is 15.7. The molecule has 7 heteroatoms. The molecule has 22 heavy (non-hydrogen) atoms. The van der Waals surface area contributed by atoms with Gasteiger partial charge in [-0.25, -0.2) is 13.1 Å². The second kappa shape index (κ2) is 5.87. The summed E-state index contributed by atoms with van der Waals surface area (Å²) in [6.45, 7) is 1.85. The highest BCUT2D eigenvalue weighted by Gasteiger charge is 2.31. The van der Waals surface area contributed by atoms with E-state index in [0.29, 0.717) is 12.2 Å². The fraction of sp³-hybridized carbons (Fsp3) is 0.600. The average molecular weight is 323 g/mol. The number of hydrogen-bond donors (Lipinski definition) is 1. The van der Waals surface area contributed by atoms with Crippen LogP contribution < -0.4 is 5.32 Å². The van der Waals surface area contributed by atoms with E-state index in [2.05, 4.69) is 16.5 Å². The minimum atomic E-state index is -2.98. The molecule has 3 rings (SSSR count). The van der Waals surface area contributed by atoms with Crippen LogP contribution in [-0.4, -0.2) is 35.6 Å². The van der Waals surface area contributed by atoms with Gasteiger partial charge in [0.15, 0.2) is 9.84 Å². The van der Waals surface area contributed by atoms with Gasteiger partial charge in [-0.05, 0) is 32.6 Å². The Labute approximate surface area is 130 Å². The molecule has 1 aromatic rings. The smallest absolute Gasteiger partial charge is 0.228 e. The first kappa shape index (κ1) is 15.3. The number of sulfone groups is 1. The third kappa shape index (κ3) is 3.24. The number of amides is 1. The number of nitrogens with zero attached hydrogens (tertiary/aromatic N) is 2. The normalized spacial score (nSPS) is 27.0. The Bertz CT molecular complexity index is 706. The van der Waals surface area contributed by atoms with Crippen LogP contribution in [0.15, 0.2) is 18.2 Å². The largest absolute Gasteiger partial charge is 0.311 e. The molecule has 1 aliphatic heterocycles. The van der Waals surface area contributed by atoms with E-state index in [1.54, 1.807) is 4.68 Å². The van der Waals surface area contributed by atoms with E-state index in [4.69, 9.17) is 0 Å². The summed E-state index contributed by atoms with van der Waals surface area (Å²) in [5.41, 5.74) is 0.781. The first-order valence-corrected chi connectivity index (χ1v) is 9.49. The van der Waals surface area contributed by atoms with E-state index in [1.807, 2.05) is 19.1 Å². The quantitative estimate of drug-likeness (QED) is 0.861. The Morgan fingerprint density at radius 1 is 1.36 bits per heavy atom. The number of anilines is 1. The van der Waals surface area contributed by atoms with Crippen molar-refractivity contribution >= 4 is 21.6 Å². The highest BCUT2D eigenvalue weighted by Crippen LogP contribution is 2.28.